The molecule has 3 amide bonds. The van der Waals surface area contributed by atoms with Crippen molar-refractivity contribution in [3.8, 4) is 0 Å². The lowest BCUT2D eigenvalue weighted by Gasteiger charge is -1.89. The van der Waals surface area contributed by atoms with Gasteiger partial charge in [-0.25, -0.2) is 4.79 Å². The van der Waals surface area contributed by atoms with Crippen molar-refractivity contribution in [3.63, 3.8) is 0 Å². The maximum absolute atomic E-state index is 10.7. The van der Waals surface area contributed by atoms with Gasteiger partial charge in [0.2, 0.25) is 0 Å². The van der Waals surface area contributed by atoms with Crippen LogP contribution < -0.4 is 5.32 Å². The Bertz CT molecular complexity index is 208. The number of amides is 3. The van der Waals surface area contributed by atoms with E-state index in [2.05, 4.69) is 10.3 Å². The van der Waals surface area contributed by atoms with Crippen LogP contribution in [0.5, 0.6) is 0 Å². The van der Waals surface area contributed by atoms with Crippen LogP contribution in [-0.4, -0.2) is 17.6 Å². The van der Waals surface area contributed by atoms with Gasteiger partial charge in [0.1, 0.15) is 5.71 Å². The van der Waals surface area contributed by atoms with Crippen molar-refractivity contribution in [1.82, 2.24) is 5.32 Å². The molecule has 54 valence electrons. The van der Waals surface area contributed by atoms with Crippen molar-refractivity contribution in [3.05, 3.63) is 0 Å². The highest BCUT2D eigenvalue weighted by Gasteiger charge is 2.20. The van der Waals surface area contributed by atoms with Gasteiger partial charge in [0, 0.05) is 0 Å². The lowest BCUT2D eigenvalue weighted by atomic mass is 10.2. The molecule has 1 aliphatic rings. The van der Waals surface area contributed by atoms with E-state index in [1.54, 1.807) is 0 Å². The van der Waals surface area contributed by atoms with Gasteiger partial charge >= 0.3 is 6.03 Å². The monoisotopic (exact) mass is 140 g/mol. The number of urea groups is 1. The first-order valence-electron chi connectivity index (χ1n) is 3.17. The number of hydrogen-bond acceptors (Lipinski definition) is 2. The third-order valence-corrected chi connectivity index (χ3v) is 1.21. The molecule has 0 aromatic rings. The minimum atomic E-state index is -0.534. The first kappa shape index (κ1) is 6.92. The van der Waals surface area contributed by atoms with E-state index in [4.69, 9.17) is 0 Å². The van der Waals surface area contributed by atoms with Crippen LogP contribution in [0.2, 0.25) is 0 Å². The zero-order chi connectivity index (χ0) is 7.56. The summed E-state index contributed by atoms with van der Waals surface area (Å²) >= 11 is 0. The van der Waals surface area contributed by atoms with E-state index in [1.807, 2.05) is 6.92 Å². The molecule has 4 nitrogen and oxygen atoms in total. The van der Waals surface area contributed by atoms with E-state index in [9.17, 15) is 9.59 Å². The number of imide groups is 1. The molecule has 0 atom stereocenters. The van der Waals surface area contributed by atoms with Gasteiger partial charge in [-0.3, -0.25) is 10.1 Å². The number of nitrogens with zero attached hydrogens (tertiary/aromatic N) is 1. The van der Waals surface area contributed by atoms with Crippen molar-refractivity contribution >= 4 is 17.6 Å². The van der Waals surface area contributed by atoms with Crippen LogP contribution in [0.4, 0.5) is 4.79 Å². The van der Waals surface area contributed by atoms with Gasteiger partial charge in [-0.15, -0.1) is 0 Å². The molecular formula is C6H8N2O2. The van der Waals surface area contributed by atoms with Crippen LogP contribution >= 0.6 is 0 Å². The molecule has 0 aromatic heterocycles. The normalized spacial score (nSPS) is 17.1. The van der Waals surface area contributed by atoms with E-state index in [0.717, 1.165) is 6.42 Å². The second-order valence-corrected chi connectivity index (χ2v) is 2.07. The summed E-state index contributed by atoms with van der Waals surface area (Å²) in [4.78, 5) is 24.6. The zero-order valence-electron chi connectivity index (χ0n) is 5.68. The van der Waals surface area contributed by atoms with Crippen molar-refractivity contribution in [1.29, 1.82) is 0 Å². The fourth-order valence-corrected chi connectivity index (χ4v) is 0.777. The standard InChI is InChI=1S/C6H8N2O2/c1-2-3-4-5(9)8-6(10)7-4/h2-3H2,1H3,(H,8,9,10). The molecule has 10 heavy (non-hydrogen) atoms. The second kappa shape index (κ2) is 2.60. The van der Waals surface area contributed by atoms with Crippen molar-refractivity contribution in [2.24, 2.45) is 4.99 Å². The lowest BCUT2D eigenvalue weighted by Crippen LogP contribution is -2.24. The largest absolute Gasteiger partial charge is 0.348 e. The SMILES string of the molecule is CCCC1=NC(=O)NC1=O. The molecule has 0 spiro atoms. The number of carbonyl (C=O) groups is 2. The summed E-state index contributed by atoms with van der Waals surface area (Å²) in [5.41, 5.74) is 0.354. The van der Waals surface area contributed by atoms with Gasteiger partial charge in [-0.2, -0.15) is 4.99 Å². The smallest absolute Gasteiger partial charge is 0.271 e. The molecule has 1 rings (SSSR count). The predicted octanol–water partition coefficient (Wildman–Crippen LogP) is 0.477. The van der Waals surface area contributed by atoms with Gasteiger partial charge in [0.25, 0.3) is 5.91 Å². The summed E-state index contributed by atoms with van der Waals surface area (Å²) in [6, 6.07) is -0.534. The topological polar surface area (TPSA) is 58.5 Å². The Balaban J connectivity index is 2.65. The van der Waals surface area contributed by atoms with E-state index in [0.29, 0.717) is 12.1 Å². The van der Waals surface area contributed by atoms with Crippen LogP contribution in [-0.2, 0) is 4.79 Å². The zero-order valence-corrected chi connectivity index (χ0v) is 5.68. The van der Waals surface area contributed by atoms with Gasteiger partial charge in [0.15, 0.2) is 0 Å². The number of rotatable bonds is 2. The van der Waals surface area contributed by atoms with E-state index in [-0.39, 0.29) is 5.91 Å². The van der Waals surface area contributed by atoms with Crippen molar-refractivity contribution < 1.29 is 9.59 Å². The molecule has 4 heteroatoms. The highest BCUT2D eigenvalue weighted by molar-refractivity contribution is 6.46. The van der Waals surface area contributed by atoms with Crippen molar-refractivity contribution in [2.45, 2.75) is 19.8 Å². The van der Waals surface area contributed by atoms with Crippen molar-refractivity contribution in [2.75, 3.05) is 0 Å². The molecule has 1 aliphatic heterocycles. The number of carbonyl (C=O) groups excluding carboxylic acids is 2. The molecule has 0 saturated carbocycles. The molecule has 1 heterocycles. The van der Waals surface area contributed by atoms with E-state index < -0.39 is 6.03 Å². The minimum Gasteiger partial charge on any atom is -0.271 e. The molecule has 0 aliphatic carbocycles. The quantitative estimate of drug-likeness (QED) is 0.606. The van der Waals surface area contributed by atoms with E-state index in [1.165, 1.54) is 0 Å². The summed E-state index contributed by atoms with van der Waals surface area (Å²) in [6.45, 7) is 1.93. The Kier molecular flexibility index (Phi) is 1.80. The molecule has 0 saturated heterocycles. The Morgan fingerprint density at radius 2 is 2.20 bits per heavy atom. The first-order valence-corrected chi connectivity index (χ1v) is 3.17. The van der Waals surface area contributed by atoms with Gasteiger partial charge in [-0.1, -0.05) is 13.3 Å². The summed E-state index contributed by atoms with van der Waals surface area (Å²) in [7, 11) is 0. The fourth-order valence-electron chi connectivity index (χ4n) is 0.777. The second-order valence-electron chi connectivity index (χ2n) is 2.07. The average Bonchev–Trinajstić information content (AvgIpc) is 2.13. The third-order valence-electron chi connectivity index (χ3n) is 1.21. The van der Waals surface area contributed by atoms with Crippen LogP contribution in [0.1, 0.15) is 19.8 Å². The molecule has 0 unspecified atom stereocenters. The summed E-state index contributed by atoms with van der Waals surface area (Å²) in [6.07, 6.45) is 1.41. The Hall–Kier alpha value is -1.19. The lowest BCUT2D eigenvalue weighted by molar-refractivity contribution is -0.113. The van der Waals surface area contributed by atoms with Crippen LogP contribution in [0.25, 0.3) is 0 Å². The maximum atomic E-state index is 10.7. The van der Waals surface area contributed by atoms with Gasteiger partial charge in [-0.05, 0) is 6.42 Å². The Labute approximate surface area is 58.3 Å². The first-order chi connectivity index (χ1) is 4.74. The van der Waals surface area contributed by atoms with Gasteiger partial charge < -0.3 is 0 Å². The molecule has 0 bridgehead atoms. The highest BCUT2D eigenvalue weighted by atomic mass is 16.2. The van der Waals surface area contributed by atoms with E-state index >= 15 is 0 Å². The minimum absolute atomic E-state index is 0.341. The number of aliphatic imine (C=N–C) groups is 1. The molecule has 0 radical (unpaired) electrons. The van der Waals surface area contributed by atoms with Crippen LogP contribution in [0.3, 0.4) is 0 Å². The molecular weight excluding hydrogens is 132 g/mol. The average molecular weight is 140 g/mol. The molecule has 1 N–H and O–H groups in total. The summed E-state index contributed by atoms with van der Waals surface area (Å²) in [5.74, 6) is -0.341. The fraction of sp³-hybridized carbons (Fsp3) is 0.500. The number of hydrogen-bond donors (Lipinski definition) is 1. The van der Waals surface area contributed by atoms with Crippen LogP contribution in [0, 0.1) is 0 Å². The predicted molar refractivity (Wildman–Crippen MR) is 35.9 cm³/mol. The maximum Gasteiger partial charge on any atom is 0.348 e. The molecule has 0 aromatic carbocycles. The summed E-state index contributed by atoms with van der Waals surface area (Å²) < 4.78 is 0. The molecule has 0 fully saturated rings. The Morgan fingerprint density at radius 3 is 2.60 bits per heavy atom. The third kappa shape index (κ3) is 1.21. The van der Waals surface area contributed by atoms with Gasteiger partial charge in [0.05, 0.1) is 0 Å². The van der Waals surface area contributed by atoms with Crippen LogP contribution in [0.15, 0.2) is 4.99 Å². The number of nitrogens with one attached hydrogen (secondary N) is 1. The summed E-state index contributed by atoms with van der Waals surface area (Å²) in [5, 5.41) is 2.07. The Morgan fingerprint density at radius 1 is 1.50 bits per heavy atom. The highest BCUT2D eigenvalue weighted by Crippen LogP contribution is 1.98.